The molecule has 0 spiro atoms. The van der Waals surface area contributed by atoms with Gasteiger partial charge in [0.25, 0.3) is 0 Å². The van der Waals surface area contributed by atoms with Crippen LogP contribution in [0.25, 0.3) is 0 Å². The summed E-state index contributed by atoms with van der Waals surface area (Å²) in [4.78, 5) is 25.6. The van der Waals surface area contributed by atoms with Crippen LogP contribution in [0.5, 0.6) is 0 Å². The van der Waals surface area contributed by atoms with E-state index in [1.54, 1.807) is 42.8 Å². The summed E-state index contributed by atoms with van der Waals surface area (Å²) in [6.45, 7) is 2.62. The van der Waals surface area contributed by atoms with E-state index in [0.717, 1.165) is 12.1 Å². The maximum absolute atomic E-state index is 13.2. The molecule has 0 N–H and O–H groups in total. The van der Waals surface area contributed by atoms with Crippen molar-refractivity contribution in [1.29, 1.82) is 0 Å². The Balaban J connectivity index is 2.01. The van der Waals surface area contributed by atoms with Crippen LogP contribution in [-0.4, -0.2) is 33.4 Å². The first-order chi connectivity index (χ1) is 11.4. The highest BCUT2D eigenvalue weighted by Crippen LogP contribution is 2.43. The minimum absolute atomic E-state index is 0.00293. The molecule has 1 saturated heterocycles. The molecule has 3 rings (SSSR count). The van der Waals surface area contributed by atoms with Gasteiger partial charge < -0.3 is 4.29 Å². The summed E-state index contributed by atoms with van der Waals surface area (Å²) < 4.78 is 15.8. The molecule has 0 saturated carbocycles. The fourth-order valence-electron chi connectivity index (χ4n) is 3.35. The number of benzene rings is 1. The molecule has 1 aromatic rings. The summed E-state index contributed by atoms with van der Waals surface area (Å²) >= 11 is 5.17. The van der Waals surface area contributed by atoms with E-state index in [9.17, 15) is 13.8 Å². The molecule has 0 bridgehead atoms. The van der Waals surface area contributed by atoms with Crippen LogP contribution in [0.1, 0.15) is 23.7 Å². The van der Waals surface area contributed by atoms with Gasteiger partial charge in [-0.25, -0.2) is 14.1 Å². The van der Waals surface area contributed by atoms with E-state index in [-0.39, 0.29) is 16.3 Å². The van der Waals surface area contributed by atoms with Gasteiger partial charge >= 0.3 is 11.9 Å². The van der Waals surface area contributed by atoms with Crippen LogP contribution in [0, 0.1) is 5.92 Å². The third-order valence-corrected chi connectivity index (χ3v) is 5.72. The Kier molecular flexibility index (Phi) is 4.46. The Labute approximate surface area is 147 Å². The molecule has 1 amide bonds. The number of halogens is 1. The third kappa shape index (κ3) is 2.64. The standard InChI is InChI=1S/C17H17ClNO4S/c1-11-7-8-19(10-13(9-15(11)19)17(21)23-18)16(20)12-3-5-14(6-4-12)24(2)22/h3-6,9-11H,7-8H2,1-2H3/q+1. The van der Waals surface area contributed by atoms with Gasteiger partial charge in [0.15, 0.2) is 0 Å². The van der Waals surface area contributed by atoms with E-state index < -0.39 is 16.8 Å². The van der Waals surface area contributed by atoms with E-state index in [1.165, 1.54) is 0 Å². The van der Waals surface area contributed by atoms with E-state index in [2.05, 4.69) is 4.29 Å². The second-order valence-electron chi connectivity index (χ2n) is 6.08. The average Bonchev–Trinajstić information content (AvgIpc) is 3.12. The maximum Gasteiger partial charge on any atom is 0.361 e. The molecule has 24 heavy (non-hydrogen) atoms. The predicted molar refractivity (Wildman–Crippen MR) is 90.1 cm³/mol. The van der Waals surface area contributed by atoms with Crippen LogP contribution in [0.4, 0.5) is 0 Å². The van der Waals surface area contributed by atoms with Crippen molar-refractivity contribution in [2.75, 3.05) is 12.8 Å². The fraction of sp³-hybridized carbons (Fsp3) is 0.294. The minimum atomic E-state index is -1.09. The number of nitrogens with zero attached hydrogens (tertiary/aromatic N) is 1. The molecule has 1 aromatic carbocycles. The highest BCUT2D eigenvalue weighted by Gasteiger charge is 2.51. The SMILES string of the molecule is CC1CC[N+]2(C(=O)c3ccc(S(C)=O)cc3)C=C(C(=O)OCl)C=C12. The number of hydrogen-bond donors (Lipinski definition) is 0. The maximum atomic E-state index is 13.2. The molecule has 2 aliphatic rings. The van der Waals surface area contributed by atoms with Crippen LogP contribution in [0.2, 0.25) is 0 Å². The summed E-state index contributed by atoms with van der Waals surface area (Å²) in [5.74, 6) is -0.586. The molecule has 0 aromatic heterocycles. The Morgan fingerprint density at radius 3 is 2.54 bits per heavy atom. The molecule has 2 aliphatic heterocycles. The molecule has 0 radical (unpaired) electrons. The number of hydrogen-bond acceptors (Lipinski definition) is 4. The van der Waals surface area contributed by atoms with Gasteiger partial charge in [0, 0.05) is 40.4 Å². The van der Waals surface area contributed by atoms with Crippen LogP contribution in [-0.2, 0) is 19.9 Å². The first-order valence-electron chi connectivity index (χ1n) is 7.53. The molecule has 126 valence electrons. The lowest BCUT2D eigenvalue weighted by molar-refractivity contribution is -0.743. The number of carbonyl (C=O) groups is 2. The number of quaternary nitrogens is 1. The number of amides is 1. The van der Waals surface area contributed by atoms with Crippen molar-refractivity contribution in [3.63, 3.8) is 0 Å². The van der Waals surface area contributed by atoms with Crippen molar-refractivity contribution in [2.45, 2.75) is 18.2 Å². The van der Waals surface area contributed by atoms with Crippen molar-refractivity contribution in [3.05, 3.63) is 53.4 Å². The number of rotatable bonds is 3. The van der Waals surface area contributed by atoms with Gasteiger partial charge in [0.05, 0.1) is 12.1 Å². The van der Waals surface area contributed by atoms with E-state index in [4.69, 9.17) is 11.9 Å². The largest absolute Gasteiger partial charge is 0.361 e. The Hall–Kier alpha value is -1.76. The Bertz CT molecular complexity index is 799. The molecular formula is C17H17ClNO4S+. The molecule has 0 aliphatic carbocycles. The lowest BCUT2D eigenvalue weighted by Crippen LogP contribution is -2.43. The molecule has 2 heterocycles. The van der Waals surface area contributed by atoms with Crippen LogP contribution < -0.4 is 0 Å². The van der Waals surface area contributed by atoms with Gasteiger partial charge in [-0.2, -0.15) is 0 Å². The van der Waals surface area contributed by atoms with Crippen LogP contribution >= 0.6 is 11.9 Å². The van der Waals surface area contributed by atoms with Gasteiger partial charge in [-0.3, -0.25) is 4.21 Å². The first-order valence-corrected chi connectivity index (χ1v) is 9.40. The van der Waals surface area contributed by atoms with Crippen LogP contribution in [0.15, 0.2) is 52.7 Å². The zero-order valence-corrected chi connectivity index (χ0v) is 14.9. The lowest BCUT2D eigenvalue weighted by atomic mass is 10.1. The first kappa shape index (κ1) is 17.1. The zero-order chi connectivity index (χ0) is 17.5. The van der Waals surface area contributed by atoms with Crippen molar-refractivity contribution < 1.29 is 22.6 Å². The van der Waals surface area contributed by atoms with Gasteiger partial charge in [0.1, 0.15) is 29.3 Å². The van der Waals surface area contributed by atoms with E-state index in [0.29, 0.717) is 22.6 Å². The van der Waals surface area contributed by atoms with Gasteiger partial charge in [-0.15, -0.1) is 0 Å². The van der Waals surface area contributed by atoms with Crippen molar-refractivity contribution in [1.82, 2.24) is 0 Å². The number of carbonyl (C=O) groups excluding carboxylic acids is 2. The molecule has 1 fully saturated rings. The monoisotopic (exact) mass is 366 g/mol. The smallest absolute Gasteiger partial charge is 0.343 e. The van der Waals surface area contributed by atoms with Gasteiger partial charge in [-0.05, 0) is 24.3 Å². The quantitative estimate of drug-likeness (QED) is 0.772. The predicted octanol–water partition coefficient (Wildman–Crippen LogP) is 2.90. The minimum Gasteiger partial charge on any atom is -0.343 e. The zero-order valence-electron chi connectivity index (χ0n) is 13.3. The van der Waals surface area contributed by atoms with Gasteiger partial charge in [0.2, 0.25) is 0 Å². The van der Waals surface area contributed by atoms with Crippen LogP contribution in [0.3, 0.4) is 0 Å². The second-order valence-corrected chi connectivity index (χ2v) is 7.62. The summed E-state index contributed by atoms with van der Waals surface area (Å²) in [6.07, 6.45) is 5.77. The summed E-state index contributed by atoms with van der Waals surface area (Å²) in [5.41, 5.74) is 1.69. The van der Waals surface area contributed by atoms with Crippen molar-refractivity contribution in [3.8, 4) is 0 Å². The normalized spacial score (nSPS) is 26.4. The molecule has 3 atom stereocenters. The average molecular weight is 367 g/mol. The number of fused-ring (bicyclic) bond motifs is 1. The molecule has 7 heteroatoms. The topological polar surface area (TPSA) is 60.4 Å². The fourth-order valence-corrected chi connectivity index (χ4v) is 3.96. The molecule has 3 unspecified atom stereocenters. The van der Waals surface area contributed by atoms with E-state index in [1.807, 2.05) is 6.92 Å². The second kappa shape index (κ2) is 6.27. The Morgan fingerprint density at radius 1 is 1.29 bits per heavy atom. The molecular weight excluding hydrogens is 350 g/mol. The van der Waals surface area contributed by atoms with Crippen molar-refractivity contribution >= 4 is 34.5 Å². The van der Waals surface area contributed by atoms with Gasteiger partial charge in [-0.1, -0.05) is 6.92 Å². The Morgan fingerprint density at radius 2 is 1.96 bits per heavy atom. The summed E-state index contributed by atoms with van der Waals surface area (Å²) in [5, 5.41) is 0. The van der Waals surface area contributed by atoms with E-state index >= 15 is 0 Å². The highest BCUT2D eigenvalue weighted by atomic mass is 35.5. The van der Waals surface area contributed by atoms with Crippen molar-refractivity contribution in [2.24, 2.45) is 5.92 Å². The lowest BCUT2D eigenvalue weighted by Gasteiger charge is -2.26. The highest BCUT2D eigenvalue weighted by molar-refractivity contribution is 7.84. The summed E-state index contributed by atoms with van der Waals surface area (Å²) in [6, 6.07) is 6.74. The summed E-state index contributed by atoms with van der Waals surface area (Å²) in [7, 11) is -1.09. The number of allylic oxidation sites excluding steroid dienone is 1. The third-order valence-electron chi connectivity index (χ3n) is 4.64. The molecule has 5 nitrogen and oxygen atoms in total.